The van der Waals surface area contributed by atoms with Crippen LogP contribution in [0.5, 0.6) is 0 Å². The molecule has 4 nitrogen and oxygen atoms in total. The summed E-state index contributed by atoms with van der Waals surface area (Å²) in [6.45, 7) is 2.84. The van der Waals surface area contributed by atoms with Crippen molar-refractivity contribution in [3.8, 4) is 0 Å². The van der Waals surface area contributed by atoms with Gasteiger partial charge in [-0.15, -0.1) is 12.4 Å². The van der Waals surface area contributed by atoms with Crippen LogP contribution in [-0.4, -0.2) is 31.9 Å². The number of hydrogen-bond acceptors (Lipinski definition) is 3. The highest BCUT2D eigenvalue weighted by molar-refractivity contribution is 7.89. The van der Waals surface area contributed by atoms with Gasteiger partial charge in [0.25, 0.3) is 0 Å². The van der Waals surface area contributed by atoms with Crippen LogP contribution in [0.15, 0.2) is 29.2 Å². The molecule has 1 heterocycles. The van der Waals surface area contributed by atoms with E-state index in [4.69, 9.17) is 5.73 Å². The zero-order chi connectivity index (χ0) is 11.8. The Bertz CT molecular complexity index is 490. The Morgan fingerprint density at radius 3 is 2.65 bits per heavy atom. The van der Waals surface area contributed by atoms with Crippen molar-refractivity contribution in [1.82, 2.24) is 4.31 Å². The van der Waals surface area contributed by atoms with Gasteiger partial charge in [0.1, 0.15) is 0 Å². The minimum Gasteiger partial charge on any atom is -0.326 e. The average molecular weight is 277 g/mol. The minimum absolute atomic E-state index is 0. The van der Waals surface area contributed by atoms with Gasteiger partial charge in [-0.2, -0.15) is 4.31 Å². The normalized spacial score (nSPS) is 21.2. The lowest BCUT2D eigenvalue weighted by molar-refractivity contribution is 0.472. The highest BCUT2D eigenvalue weighted by atomic mass is 35.5. The van der Waals surface area contributed by atoms with Gasteiger partial charge in [-0.3, -0.25) is 0 Å². The summed E-state index contributed by atoms with van der Waals surface area (Å²) in [5, 5.41) is 0. The van der Waals surface area contributed by atoms with Crippen molar-refractivity contribution in [2.45, 2.75) is 24.3 Å². The van der Waals surface area contributed by atoms with E-state index in [-0.39, 0.29) is 18.4 Å². The van der Waals surface area contributed by atoms with E-state index in [1.807, 2.05) is 13.0 Å². The Kier molecular flexibility index (Phi) is 4.55. The zero-order valence-corrected chi connectivity index (χ0v) is 11.3. The fraction of sp³-hybridized carbons (Fsp3) is 0.455. The van der Waals surface area contributed by atoms with E-state index in [1.165, 1.54) is 4.31 Å². The van der Waals surface area contributed by atoms with Crippen LogP contribution < -0.4 is 5.73 Å². The Hall–Kier alpha value is -0.620. The van der Waals surface area contributed by atoms with E-state index in [0.29, 0.717) is 18.0 Å². The van der Waals surface area contributed by atoms with Crippen molar-refractivity contribution in [1.29, 1.82) is 0 Å². The van der Waals surface area contributed by atoms with Crippen LogP contribution in [0.3, 0.4) is 0 Å². The van der Waals surface area contributed by atoms with Crippen LogP contribution in [0, 0.1) is 6.92 Å². The van der Waals surface area contributed by atoms with E-state index in [2.05, 4.69) is 0 Å². The largest absolute Gasteiger partial charge is 0.326 e. The molecular weight excluding hydrogens is 260 g/mol. The topological polar surface area (TPSA) is 63.4 Å². The summed E-state index contributed by atoms with van der Waals surface area (Å²) in [5.74, 6) is 0. The molecule has 1 saturated heterocycles. The second-order valence-corrected chi connectivity index (χ2v) is 6.17. The molecule has 1 unspecified atom stereocenters. The molecule has 0 aromatic heterocycles. The predicted molar refractivity (Wildman–Crippen MR) is 69.8 cm³/mol. The monoisotopic (exact) mass is 276 g/mol. The standard InChI is InChI=1S/C11H16N2O2S.ClH/c1-9-3-2-4-11(7-9)16(14,15)13-6-5-10(12)8-13;/h2-4,7,10H,5-6,8,12H2,1H3;1H. The molecular formula is C11H17ClN2O2S. The lowest BCUT2D eigenvalue weighted by Crippen LogP contribution is -2.31. The van der Waals surface area contributed by atoms with Crippen molar-refractivity contribution in [3.05, 3.63) is 29.8 Å². The molecule has 1 aromatic rings. The van der Waals surface area contributed by atoms with Gasteiger partial charge in [-0.05, 0) is 31.0 Å². The number of aryl methyl sites for hydroxylation is 1. The van der Waals surface area contributed by atoms with Crippen molar-refractivity contribution in [2.24, 2.45) is 5.73 Å². The number of hydrogen-bond donors (Lipinski definition) is 1. The van der Waals surface area contributed by atoms with E-state index >= 15 is 0 Å². The molecule has 1 atom stereocenters. The van der Waals surface area contributed by atoms with Crippen LogP contribution >= 0.6 is 12.4 Å². The number of benzene rings is 1. The molecule has 0 aliphatic carbocycles. The summed E-state index contributed by atoms with van der Waals surface area (Å²) >= 11 is 0. The smallest absolute Gasteiger partial charge is 0.243 e. The summed E-state index contributed by atoms with van der Waals surface area (Å²) in [7, 11) is -3.34. The minimum atomic E-state index is -3.34. The van der Waals surface area contributed by atoms with Crippen LogP contribution in [-0.2, 0) is 10.0 Å². The van der Waals surface area contributed by atoms with E-state index in [0.717, 1.165) is 12.0 Å². The summed E-state index contributed by atoms with van der Waals surface area (Å²) in [5.41, 5.74) is 6.67. The highest BCUT2D eigenvalue weighted by Gasteiger charge is 2.30. The van der Waals surface area contributed by atoms with Crippen molar-refractivity contribution in [2.75, 3.05) is 13.1 Å². The lowest BCUT2D eigenvalue weighted by atomic mass is 10.2. The van der Waals surface area contributed by atoms with E-state index in [1.54, 1.807) is 18.2 Å². The lowest BCUT2D eigenvalue weighted by Gasteiger charge is -2.16. The number of sulfonamides is 1. The predicted octanol–water partition coefficient (Wildman–Crippen LogP) is 1.14. The Balaban J connectivity index is 0.00000144. The summed E-state index contributed by atoms with van der Waals surface area (Å²) in [6.07, 6.45) is 0.741. The van der Waals surface area contributed by atoms with Crippen LogP contribution in [0.4, 0.5) is 0 Å². The zero-order valence-electron chi connectivity index (χ0n) is 9.67. The first-order valence-corrected chi connectivity index (χ1v) is 6.76. The Morgan fingerprint density at radius 2 is 2.12 bits per heavy atom. The van der Waals surface area contributed by atoms with Crippen LogP contribution in [0.25, 0.3) is 0 Å². The third-order valence-electron chi connectivity index (χ3n) is 2.81. The summed E-state index contributed by atoms with van der Waals surface area (Å²) in [4.78, 5) is 0.363. The molecule has 1 fully saturated rings. The third-order valence-corrected chi connectivity index (χ3v) is 4.68. The molecule has 0 amide bonds. The first-order valence-electron chi connectivity index (χ1n) is 5.32. The second kappa shape index (κ2) is 5.35. The molecule has 1 aliphatic rings. The van der Waals surface area contributed by atoms with Gasteiger partial charge < -0.3 is 5.73 Å². The van der Waals surface area contributed by atoms with Gasteiger partial charge in [-0.1, -0.05) is 12.1 Å². The fourth-order valence-corrected chi connectivity index (χ4v) is 3.51. The van der Waals surface area contributed by atoms with Gasteiger partial charge in [0.15, 0.2) is 0 Å². The molecule has 0 bridgehead atoms. The Morgan fingerprint density at radius 1 is 1.41 bits per heavy atom. The first kappa shape index (κ1) is 14.4. The number of nitrogens with zero attached hydrogens (tertiary/aromatic N) is 1. The maximum absolute atomic E-state index is 12.2. The molecule has 1 aromatic carbocycles. The maximum Gasteiger partial charge on any atom is 0.243 e. The molecule has 0 saturated carbocycles. The Labute approximate surface area is 108 Å². The summed E-state index contributed by atoms with van der Waals surface area (Å²) in [6, 6.07) is 6.94. The number of rotatable bonds is 2. The third kappa shape index (κ3) is 2.98. The SMILES string of the molecule is Cc1cccc(S(=O)(=O)N2CCC(N)C2)c1.Cl. The number of halogens is 1. The van der Waals surface area contributed by atoms with Gasteiger partial charge in [-0.25, -0.2) is 8.42 Å². The van der Waals surface area contributed by atoms with Gasteiger partial charge in [0.2, 0.25) is 10.0 Å². The second-order valence-electron chi connectivity index (χ2n) is 4.23. The first-order chi connectivity index (χ1) is 7.50. The van der Waals surface area contributed by atoms with E-state index in [9.17, 15) is 8.42 Å². The molecule has 2 rings (SSSR count). The average Bonchev–Trinajstić information content (AvgIpc) is 2.65. The van der Waals surface area contributed by atoms with E-state index < -0.39 is 10.0 Å². The molecule has 0 radical (unpaired) electrons. The summed E-state index contributed by atoms with van der Waals surface area (Å²) < 4.78 is 25.9. The van der Waals surface area contributed by atoms with Crippen LogP contribution in [0.1, 0.15) is 12.0 Å². The van der Waals surface area contributed by atoms with Crippen molar-refractivity contribution in [3.63, 3.8) is 0 Å². The van der Waals surface area contributed by atoms with Gasteiger partial charge >= 0.3 is 0 Å². The highest BCUT2D eigenvalue weighted by Crippen LogP contribution is 2.20. The molecule has 2 N–H and O–H groups in total. The molecule has 17 heavy (non-hydrogen) atoms. The maximum atomic E-state index is 12.2. The molecule has 0 spiro atoms. The van der Waals surface area contributed by atoms with Gasteiger partial charge in [0.05, 0.1) is 4.90 Å². The van der Waals surface area contributed by atoms with Crippen LogP contribution in [0.2, 0.25) is 0 Å². The number of nitrogens with two attached hydrogens (primary N) is 1. The molecule has 1 aliphatic heterocycles. The molecule has 96 valence electrons. The van der Waals surface area contributed by atoms with Crippen molar-refractivity contribution < 1.29 is 8.42 Å². The van der Waals surface area contributed by atoms with Gasteiger partial charge in [0, 0.05) is 19.1 Å². The quantitative estimate of drug-likeness (QED) is 0.881. The molecule has 6 heteroatoms. The fourth-order valence-electron chi connectivity index (χ4n) is 1.90. The van der Waals surface area contributed by atoms with Crippen molar-refractivity contribution >= 4 is 22.4 Å².